The first kappa shape index (κ1) is 22.7. The molecule has 1 amide bonds. The second-order valence-corrected chi connectivity index (χ2v) is 8.86. The number of carbonyl (C=O) groups excluding carboxylic acids is 1. The van der Waals surface area contributed by atoms with Crippen LogP contribution in [-0.4, -0.2) is 25.9 Å². The average molecular weight is 509 g/mol. The topological polar surface area (TPSA) is 75.6 Å². The molecule has 0 saturated carbocycles. The Balaban J connectivity index is 1.54. The summed E-state index contributed by atoms with van der Waals surface area (Å²) in [5.41, 5.74) is 4.59. The summed E-state index contributed by atoms with van der Waals surface area (Å²) in [6, 6.07) is 12.2. The molecule has 2 aromatic heterocycles. The maximum absolute atomic E-state index is 12.8. The van der Waals surface area contributed by atoms with E-state index in [2.05, 4.69) is 20.6 Å². The van der Waals surface area contributed by atoms with Crippen LogP contribution in [0.2, 0.25) is 20.1 Å². The average Bonchev–Trinajstić information content (AvgIpc) is 3.32. The minimum atomic E-state index is -0.339. The zero-order valence-electron chi connectivity index (χ0n) is 17.0. The number of anilines is 1. The van der Waals surface area contributed by atoms with Gasteiger partial charge in [0.15, 0.2) is 0 Å². The molecule has 2 N–H and O–H groups in total. The van der Waals surface area contributed by atoms with Gasteiger partial charge in [0.05, 0.1) is 44.4 Å². The Morgan fingerprint density at radius 3 is 2.50 bits per heavy atom. The molecule has 10 heteroatoms. The molecule has 0 spiro atoms. The normalized spacial score (nSPS) is 11.1. The number of nitrogens with one attached hydrogen (secondary N) is 2. The Bertz CT molecular complexity index is 1330. The van der Waals surface area contributed by atoms with Crippen LogP contribution < -0.4 is 5.32 Å². The first-order valence-corrected chi connectivity index (χ1v) is 11.0. The number of aromatic amines is 1. The minimum Gasteiger partial charge on any atom is -0.318 e. The quantitative estimate of drug-likeness (QED) is 0.311. The Morgan fingerprint density at radius 2 is 1.78 bits per heavy atom. The summed E-state index contributed by atoms with van der Waals surface area (Å²) in [6.07, 6.45) is 0. The summed E-state index contributed by atoms with van der Waals surface area (Å²) in [4.78, 5) is 12.8. The number of hydrogen-bond donors (Lipinski definition) is 2. The third-order valence-electron chi connectivity index (χ3n) is 4.97. The molecule has 4 rings (SSSR count). The molecule has 0 aliphatic heterocycles. The molecular formula is C22H17Cl4N5O. The predicted octanol–water partition coefficient (Wildman–Crippen LogP) is 6.80. The lowest BCUT2D eigenvalue weighted by Crippen LogP contribution is -2.14. The van der Waals surface area contributed by atoms with E-state index in [0.29, 0.717) is 55.0 Å². The molecule has 0 aliphatic rings. The van der Waals surface area contributed by atoms with Gasteiger partial charge in [-0.2, -0.15) is 10.2 Å². The fourth-order valence-corrected chi connectivity index (χ4v) is 4.12. The van der Waals surface area contributed by atoms with Crippen LogP contribution in [0.25, 0.3) is 11.3 Å². The van der Waals surface area contributed by atoms with E-state index >= 15 is 0 Å². The molecule has 0 aliphatic carbocycles. The molecule has 32 heavy (non-hydrogen) atoms. The highest BCUT2D eigenvalue weighted by Gasteiger charge is 2.18. The summed E-state index contributed by atoms with van der Waals surface area (Å²) < 4.78 is 1.80. The number of hydrogen-bond acceptors (Lipinski definition) is 3. The summed E-state index contributed by atoms with van der Waals surface area (Å²) in [7, 11) is 0. The van der Waals surface area contributed by atoms with Gasteiger partial charge in [-0.3, -0.25) is 14.6 Å². The van der Waals surface area contributed by atoms with Gasteiger partial charge in [0.1, 0.15) is 5.69 Å². The Hall–Kier alpha value is -2.51. The largest absolute Gasteiger partial charge is 0.318 e. The van der Waals surface area contributed by atoms with Gasteiger partial charge in [-0.05, 0) is 55.8 Å². The number of nitrogens with zero attached hydrogens (tertiary/aromatic N) is 3. The summed E-state index contributed by atoms with van der Waals surface area (Å²) in [6.45, 7) is 4.21. The fourth-order valence-electron chi connectivity index (χ4n) is 3.30. The number of amides is 1. The molecule has 0 unspecified atom stereocenters. The number of halogens is 4. The van der Waals surface area contributed by atoms with Crippen molar-refractivity contribution in [2.24, 2.45) is 0 Å². The first-order chi connectivity index (χ1) is 15.2. The molecule has 0 atom stereocenters. The minimum absolute atomic E-state index is 0.294. The van der Waals surface area contributed by atoms with Crippen molar-refractivity contribution in [2.75, 3.05) is 5.32 Å². The lowest BCUT2D eigenvalue weighted by Gasteiger charge is -2.07. The van der Waals surface area contributed by atoms with Crippen LogP contribution in [0, 0.1) is 13.8 Å². The molecule has 2 aromatic carbocycles. The van der Waals surface area contributed by atoms with Gasteiger partial charge in [-0.15, -0.1) is 0 Å². The van der Waals surface area contributed by atoms with E-state index in [4.69, 9.17) is 46.4 Å². The van der Waals surface area contributed by atoms with Gasteiger partial charge in [0, 0.05) is 10.6 Å². The van der Waals surface area contributed by atoms with Crippen LogP contribution in [0.15, 0.2) is 42.5 Å². The van der Waals surface area contributed by atoms with Crippen molar-refractivity contribution < 1.29 is 4.79 Å². The van der Waals surface area contributed by atoms with Crippen molar-refractivity contribution in [3.63, 3.8) is 0 Å². The number of aromatic nitrogens is 4. The van der Waals surface area contributed by atoms with Crippen LogP contribution >= 0.6 is 46.4 Å². The third-order valence-corrected chi connectivity index (χ3v) is 6.25. The van der Waals surface area contributed by atoms with E-state index in [-0.39, 0.29) is 5.91 Å². The van der Waals surface area contributed by atoms with E-state index in [1.807, 2.05) is 19.9 Å². The highest BCUT2D eigenvalue weighted by atomic mass is 35.5. The summed E-state index contributed by atoms with van der Waals surface area (Å²) >= 11 is 24.3. The second kappa shape index (κ2) is 9.16. The van der Waals surface area contributed by atoms with Crippen molar-refractivity contribution in [3.8, 4) is 11.3 Å². The van der Waals surface area contributed by atoms with Crippen LogP contribution in [0.4, 0.5) is 5.69 Å². The Kier molecular flexibility index (Phi) is 6.49. The number of rotatable bonds is 5. The molecule has 0 radical (unpaired) electrons. The van der Waals surface area contributed by atoms with Gasteiger partial charge in [-0.25, -0.2) is 0 Å². The predicted molar refractivity (Wildman–Crippen MR) is 129 cm³/mol. The zero-order chi connectivity index (χ0) is 23.0. The van der Waals surface area contributed by atoms with Crippen molar-refractivity contribution in [1.82, 2.24) is 20.0 Å². The molecular weight excluding hydrogens is 492 g/mol. The van der Waals surface area contributed by atoms with Gasteiger partial charge in [-0.1, -0.05) is 52.5 Å². The van der Waals surface area contributed by atoms with Gasteiger partial charge in [0.25, 0.3) is 5.91 Å². The molecule has 164 valence electrons. The molecule has 0 saturated heterocycles. The number of carbonyl (C=O) groups is 1. The standard InChI is InChI=1S/C22H17Cl4N5O/c1-11-21(12(2)31(30-11)10-13-3-6-16(24)18(26)7-13)27-22(32)20-9-19(28-29-20)15-5-4-14(23)8-17(15)25/h3-9H,10H2,1-2H3,(H,27,32)(H,28,29). The smallest absolute Gasteiger partial charge is 0.273 e. The maximum Gasteiger partial charge on any atom is 0.273 e. The second-order valence-electron chi connectivity index (χ2n) is 7.20. The van der Waals surface area contributed by atoms with Gasteiger partial charge >= 0.3 is 0 Å². The maximum atomic E-state index is 12.8. The highest BCUT2D eigenvalue weighted by Crippen LogP contribution is 2.30. The Labute approximate surface area is 204 Å². The summed E-state index contributed by atoms with van der Waals surface area (Å²) in [5, 5.41) is 16.4. The van der Waals surface area contributed by atoms with Gasteiger partial charge in [0.2, 0.25) is 0 Å². The lowest BCUT2D eigenvalue weighted by atomic mass is 10.1. The third kappa shape index (κ3) is 4.64. The molecule has 2 heterocycles. The summed E-state index contributed by atoms with van der Waals surface area (Å²) in [5.74, 6) is -0.339. The SMILES string of the molecule is Cc1nn(Cc2ccc(Cl)c(Cl)c2)c(C)c1NC(=O)c1cc(-c2ccc(Cl)cc2Cl)n[nH]1. The zero-order valence-corrected chi connectivity index (χ0v) is 20.0. The van der Waals surface area contributed by atoms with E-state index in [9.17, 15) is 4.79 Å². The highest BCUT2D eigenvalue weighted by molar-refractivity contribution is 6.42. The number of aryl methyl sites for hydroxylation is 1. The Morgan fingerprint density at radius 1 is 1.00 bits per heavy atom. The monoisotopic (exact) mass is 507 g/mol. The van der Waals surface area contributed by atoms with Crippen molar-refractivity contribution in [3.05, 3.63) is 85.2 Å². The number of H-pyrrole nitrogens is 1. The number of benzene rings is 2. The fraction of sp³-hybridized carbons (Fsp3) is 0.136. The van der Waals surface area contributed by atoms with Crippen LogP contribution in [0.1, 0.15) is 27.4 Å². The van der Waals surface area contributed by atoms with Crippen molar-refractivity contribution in [1.29, 1.82) is 0 Å². The van der Waals surface area contributed by atoms with Crippen molar-refractivity contribution in [2.45, 2.75) is 20.4 Å². The van der Waals surface area contributed by atoms with Crippen LogP contribution in [0.5, 0.6) is 0 Å². The van der Waals surface area contributed by atoms with E-state index in [1.54, 1.807) is 41.1 Å². The first-order valence-electron chi connectivity index (χ1n) is 9.53. The molecule has 0 fully saturated rings. The van der Waals surface area contributed by atoms with E-state index in [1.165, 1.54) is 0 Å². The molecule has 0 bridgehead atoms. The van der Waals surface area contributed by atoms with Crippen LogP contribution in [-0.2, 0) is 6.54 Å². The van der Waals surface area contributed by atoms with E-state index in [0.717, 1.165) is 11.3 Å². The van der Waals surface area contributed by atoms with E-state index < -0.39 is 0 Å². The van der Waals surface area contributed by atoms with Crippen LogP contribution in [0.3, 0.4) is 0 Å². The van der Waals surface area contributed by atoms with Gasteiger partial charge < -0.3 is 5.32 Å². The molecule has 6 nitrogen and oxygen atoms in total. The molecule has 4 aromatic rings. The lowest BCUT2D eigenvalue weighted by molar-refractivity contribution is 0.102. The van der Waals surface area contributed by atoms with Crippen molar-refractivity contribution >= 4 is 58.0 Å².